The lowest BCUT2D eigenvalue weighted by Gasteiger charge is -2.07. The van der Waals surface area contributed by atoms with Crippen molar-refractivity contribution in [2.75, 3.05) is 7.11 Å². The Morgan fingerprint density at radius 3 is 2.20 bits per heavy atom. The first-order valence-electron chi connectivity index (χ1n) is 11.0. The summed E-state index contributed by atoms with van der Waals surface area (Å²) in [5, 5.41) is 0. The topological polar surface area (TPSA) is 36.2 Å². The Bertz CT molecular complexity index is 979. The monoisotopic (exact) mass is 406 g/mol. The number of hydrogen-bond donors (Lipinski definition) is 0. The van der Waals surface area contributed by atoms with Gasteiger partial charge in [-0.3, -0.25) is 9.13 Å². The fraction of sp³-hybridized carbons (Fsp3) is 0.423. The molecule has 0 saturated heterocycles. The van der Waals surface area contributed by atoms with E-state index in [1.54, 1.807) is 7.11 Å². The highest BCUT2D eigenvalue weighted by Crippen LogP contribution is 2.16. The summed E-state index contributed by atoms with van der Waals surface area (Å²) >= 11 is 0. The molecule has 0 atom stereocenters. The van der Waals surface area contributed by atoms with Crippen LogP contribution in [0.1, 0.15) is 61.9 Å². The smallest absolute Gasteiger partial charge is 0.328 e. The van der Waals surface area contributed by atoms with E-state index in [-0.39, 0.29) is 5.69 Å². The molecule has 0 aliphatic carbocycles. The largest absolute Gasteiger partial charge is 0.497 e. The van der Waals surface area contributed by atoms with Gasteiger partial charge in [-0.15, -0.1) is 0 Å². The number of aryl methyl sites for hydroxylation is 2. The van der Waals surface area contributed by atoms with E-state index in [0.717, 1.165) is 43.7 Å². The lowest BCUT2D eigenvalue weighted by Crippen LogP contribution is -2.25. The molecule has 3 aromatic rings. The number of ether oxygens (including phenoxy) is 1. The molecule has 0 N–H and O–H groups in total. The highest BCUT2D eigenvalue weighted by molar-refractivity contribution is 5.27. The SMILES string of the molecule is CCCn1c(CCCc2ccc(OC)cc2)cn(Cc2ccc(C(C)C)cc2)c1=O. The quantitative estimate of drug-likeness (QED) is 0.451. The van der Waals surface area contributed by atoms with Gasteiger partial charge < -0.3 is 4.74 Å². The van der Waals surface area contributed by atoms with E-state index in [4.69, 9.17) is 4.74 Å². The normalized spacial score (nSPS) is 11.2. The molecule has 0 amide bonds. The average Bonchev–Trinajstić information content (AvgIpc) is 3.04. The third-order valence-electron chi connectivity index (χ3n) is 5.63. The number of hydrogen-bond acceptors (Lipinski definition) is 2. The summed E-state index contributed by atoms with van der Waals surface area (Å²) in [6.07, 6.45) is 5.93. The molecule has 0 saturated carbocycles. The second kappa shape index (κ2) is 10.3. The van der Waals surface area contributed by atoms with Gasteiger partial charge in [0.25, 0.3) is 0 Å². The predicted octanol–water partition coefficient (Wildman–Crippen LogP) is 5.42. The summed E-state index contributed by atoms with van der Waals surface area (Å²) in [6.45, 7) is 7.91. The molecule has 4 nitrogen and oxygen atoms in total. The summed E-state index contributed by atoms with van der Waals surface area (Å²) in [5.74, 6) is 1.40. The Morgan fingerprint density at radius 2 is 1.60 bits per heavy atom. The second-order valence-corrected chi connectivity index (χ2v) is 8.28. The molecular weight excluding hydrogens is 372 g/mol. The van der Waals surface area contributed by atoms with Crippen LogP contribution in [0.3, 0.4) is 0 Å². The number of nitrogens with zero attached hydrogens (tertiary/aromatic N) is 2. The Morgan fingerprint density at radius 1 is 0.933 bits per heavy atom. The molecule has 0 bridgehead atoms. The first-order valence-corrected chi connectivity index (χ1v) is 11.0. The number of methoxy groups -OCH3 is 1. The predicted molar refractivity (Wildman–Crippen MR) is 124 cm³/mol. The van der Waals surface area contributed by atoms with Crippen LogP contribution in [0.2, 0.25) is 0 Å². The maximum absolute atomic E-state index is 13.0. The summed E-state index contributed by atoms with van der Waals surface area (Å²) in [4.78, 5) is 13.0. The summed E-state index contributed by atoms with van der Waals surface area (Å²) in [5.41, 5.74) is 5.03. The second-order valence-electron chi connectivity index (χ2n) is 8.28. The molecule has 0 aliphatic heterocycles. The van der Waals surface area contributed by atoms with Crippen LogP contribution >= 0.6 is 0 Å². The van der Waals surface area contributed by atoms with E-state index in [1.165, 1.54) is 16.7 Å². The molecule has 0 radical (unpaired) electrons. The zero-order valence-electron chi connectivity index (χ0n) is 18.7. The lowest BCUT2D eigenvalue weighted by atomic mass is 10.0. The van der Waals surface area contributed by atoms with Crippen LogP contribution in [0, 0.1) is 0 Å². The third kappa shape index (κ3) is 5.44. The van der Waals surface area contributed by atoms with Gasteiger partial charge in [0.15, 0.2) is 0 Å². The minimum atomic E-state index is 0.101. The van der Waals surface area contributed by atoms with Gasteiger partial charge in [-0.2, -0.15) is 0 Å². The molecule has 1 aromatic heterocycles. The van der Waals surface area contributed by atoms with E-state index < -0.39 is 0 Å². The summed E-state index contributed by atoms with van der Waals surface area (Å²) < 4.78 is 9.05. The van der Waals surface area contributed by atoms with E-state index >= 15 is 0 Å². The van der Waals surface area contributed by atoms with Crippen molar-refractivity contribution in [2.45, 2.75) is 65.5 Å². The van der Waals surface area contributed by atoms with E-state index in [0.29, 0.717) is 12.5 Å². The lowest BCUT2D eigenvalue weighted by molar-refractivity contribution is 0.414. The molecule has 0 unspecified atom stereocenters. The molecular formula is C26H34N2O2. The standard InChI is InChI=1S/C26H34N2O2/c1-5-17-28-24(8-6-7-21-11-15-25(30-4)16-12-21)19-27(26(28)29)18-22-9-13-23(14-10-22)20(2)3/h9-16,19-20H,5-8,17-18H2,1-4H3. The van der Waals surface area contributed by atoms with Crippen molar-refractivity contribution in [3.05, 3.63) is 87.6 Å². The van der Waals surface area contributed by atoms with Crippen molar-refractivity contribution in [3.63, 3.8) is 0 Å². The molecule has 1 heterocycles. The van der Waals surface area contributed by atoms with Gasteiger partial charge in [-0.1, -0.05) is 57.2 Å². The van der Waals surface area contributed by atoms with Crippen molar-refractivity contribution in [3.8, 4) is 5.75 Å². The number of rotatable bonds is 10. The fourth-order valence-electron chi connectivity index (χ4n) is 3.83. The first-order chi connectivity index (χ1) is 14.5. The van der Waals surface area contributed by atoms with Crippen molar-refractivity contribution in [1.82, 2.24) is 9.13 Å². The molecule has 2 aromatic carbocycles. The van der Waals surface area contributed by atoms with Gasteiger partial charge in [-0.05, 0) is 60.4 Å². The van der Waals surface area contributed by atoms with E-state index in [1.807, 2.05) is 21.3 Å². The Hall–Kier alpha value is -2.75. The van der Waals surface area contributed by atoms with Crippen LogP contribution in [0.25, 0.3) is 0 Å². The van der Waals surface area contributed by atoms with Crippen LogP contribution in [0.5, 0.6) is 5.75 Å². The van der Waals surface area contributed by atoms with Gasteiger partial charge >= 0.3 is 5.69 Å². The average molecular weight is 407 g/mol. The molecule has 3 rings (SSSR count). The number of benzene rings is 2. The summed E-state index contributed by atoms with van der Waals surface area (Å²) in [6, 6.07) is 16.9. The van der Waals surface area contributed by atoms with Crippen molar-refractivity contribution in [2.24, 2.45) is 0 Å². The Labute approximate surface area is 180 Å². The molecule has 0 spiro atoms. The van der Waals surface area contributed by atoms with E-state index in [2.05, 4.69) is 63.4 Å². The van der Waals surface area contributed by atoms with Crippen LogP contribution in [-0.2, 0) is 25.9 Å². The van der Waals surface area contributed by atoms with Crippen LogP contribution in [0.15, 0.2) is 59.5 Å². The third-order valence-corrected chi connectivity index (χ3v) is 5.63. The zero-order valence-corrected chi connectivity index (χ0v) is 18.7. The van der Waals surface area contributed by atoms with Crippen LogP contribution in [-0.4, -0.2) is 16.2 Å². The zero-order chi connectivity index (χ0) is 21.5. The molecule has 4 heteroatoms. The molecule has 0 fully saturated rings. The van der Waals surface area contributed by atoms with Gasteiger partial charge in [0.2, 0.25) is 0 Å². The van der Waals surface area contributed by atoms with Gasteiger partial charge in [0.05, 0.1) is 13.7 Å². The fourth-order valence-corrected chi connectivity index (χ4v) is 3.83. The Balaban J connectivity index is 1.70. The molecule has 160 valence electrons. The van der Waals surface area contributed by atoms with Crippen molar-refractivity contribution in [1.29, 1.82) is 0 Å². The van der Waals surface area contributed by atoms with Crippen LogP contribution < -0.4 is 10.4 Å². The summed E-state index contributed by atoms with van der Waals surface area (Å²) in [7, 11) is 1.69. The van der Waals surface area contributed by atoms with Crippen LogP contribution in [0.4, 0.5) is 0 Å². The van der Waals surface area contributed by atoms with Gasteiger partial charge in [-0.25, -0.2) is 4.79 Å². The minimum Gasteiger partial charge on any atom is -0.497 e. The van der Waals surface area contributed by atoms with Gasteiger partial charge in [0.1, 0.15) is 5.75 Å². The highest BCUT2D eigenvalue weighted by atomic mass is 16.5. The molecule has 30 heavy (non-hydrogen) atoms. The maximum Gasteiger partial charge on any atom is 0.328 e. The number of aromatic nitrogens is 2. The first kappa shape index (κ1) is 21.9. The van der Waals surface area contributed by atoms with Crippen molar-refractivity contribution >= 4 is 0 Å². The highest BCUT2D eigenvalue weighted by Gasteiger charge is 2.11. The van der Waals surface area contributed by atoms with Crippen molar-refractivity contribution < 1.29 is 4.74 Å². The van der Waals surface area contributed by atoms with E-state index in [9.17, 15) is 4.79 Å². The van der Waals surface area contributed by atoms with Gasteiger partial charge in [0, 0.05) is 18.4 Å². The maximum atomic E-state index is 13.0. The molecule has 0 aliphatic rings. The minimum absolute atomic E-state index is 0.101. The Kier molecular flexibility index (Phi) is 7.56. The number of imidazole rings is 1.